The van der Waals surface area contributed by atoms with Crippen molar-refractivity contribution in [3.63, 3.8) is 0 Å². The van der Waals surface area contributed by atoms with Crippen LogP contribution in [0, 0.1) is 7.43 Å². The third-order valence-electron chi connectivity index (χ3n) is 0. The molecule has 8 heavy (non-hydrogen) atoms. The van der Waals surface area contributed by atoms with E-state index in [0.29, 0.717) is 0 Å². The first-order chi connectivity index (χ1) is 3.00. The topological polar surface area (TPSA) is 51.2 Å². The number of rotatable bonds is 0. The van der Waals surface area contributed by atoms with Crippen LogP contribution in [0.15, 0.2) is 0 Å². The van der Waals surface area contributed by atoms with Crippen LogP contribution in [0.3, 0.4) is 0 Å². The van der Waals surface area contributed by atoms with Crippen LogP contribution in [0.4, 0.5) is 0 Å². The van der Waals surface area contributed by atoms with Crippen LogP contribution >= 0.6 is 0 Å². The van der Waals surface area contributed by atoms with Crippen LogP contribution in [0.25, 0.3) is 0 Å². The molecule has 46 valence electrons. The Balaban J connectivity index is -0.00000000500. The molecule has 0 aromatic rings. The Kier molecular flexibility index (Phi) is 14200. The molecule has 0 aromatic heterocycles. The fraction of sp³-hybridized carbons (Fsp3) is 0. The molecule has 0 saturated carbocycles. The minimum Gasteiger partial charge on any atom is -0.545 e. The molecule has 0 aromatic carbocycles. The van der Waals surface area contributed by atoms with Crippen LogP contribution < -0.4 is 0 Å². The van der Waals surface area contributed by atoms with Gasteiger partial charge in [0.1, 0.15) is 0 Å². The van der Waals surface area contributed by atoms with Crippen LogP contribution in [0.2, 0.25) is 0 Å². The van der Waals surface area contributed by atoms with Crippen molar-refractivity contribution < 1.29 is 35.4 Å². The van der Waals surface area contributed by atoms with Gasteiger partial charge in [-0.25, -0.2) is 0 Å². The summed E-state index contributed by atoms with van der Waals surface area (Å²) in [6, 6.07) is 0. The fourth-order valence-electron chi connectivity index (χ4n) is 0. The Morgan fingerprint density at radius 1 is 0.625 bits per heavy atom. The zero-order valence-corrected chi connectivity index (χ0v) is 6.37. The average molecular weight is 198 g/mol. The second-order valence-corrected chi connectivity index (χ2v) is 0. The van der Waals surface area contributed by atoms with Crippen LogP contribution in [-0.4, -0.2) is 20.4 Å². The number of hydrogen-bond donors (Lipinski definition) is 0. The molecule has 0 unspecified atom stereocenters. The summed E-state index contributed by atoms with van der Waals surface area (Å²) in [7, 11) is 0. The first-order valence-corrected chi connectivity index (χ1v) is 0.707. The standard InChI is InChI=1S/3CHO.CH3.Mo/c3*1-2;;/h3*1H;1H3;/q4*-1;+4. The Morgan fingerprint density at radius 2 is 0.625 bits per heavy atom. The molecular weight excluding hydrogens is 192 g/mol. The molecule has 0 amide bonds. The van der Waals surface area contributed by atoms with Gasteiger partial charge in [-0.1, -0.05) is 0 Å². The van der Waals surface area contributed by atoms with Gasteiger partial charge < -0.3 is 21.8 Å². The maximum Gasteiger partial charge on any atom is 4.00 e. The molecule has 4 heteroatoms. The van der Waals surface area contributed by atoms with Crippen molar-refractivity contribution in [1.82, 2.24) is 0 Å². The molecule has 0 rings (SSSR count). The Morgan fingerprint density at radius 3 is 0.625 bits per heavy atom. The molecule has 3 nitrogen and oxygen atoms in total. The van der Waals surface area contributed by atoms with Gasteiger partial charge in [0.2, 0.25) is 0 Å². The Labute approximate surface area is 63.7 Å². The van der Waals surface area contributed by atoms with E-state index in [1.54, 1.807) is 0 Å². The summed E-state index contributed by atoms with van der Waals surface area (Å²) in [6.45, 7) is 9.75. The third kappa shape index (κ3) is 1380. The molecule has 0 aliphatic heterocycles. The summed E-state index contributed by atoms with van der Waals surface area (Å²) in [4.78, 5) is 23.2. The largest absolute Gasteiger partial charge is 4.00 e. The van der Waals surface area contributed by atoms with Gasteiger partial charge in [-0.15, -0.1) is 0 Å². The van der Waals surface area contributed by atoms with Gasteiger partial charge in [0.25, 0.3) is 0 Å². The van der Waals surface area contributed by atoms with Gasteiger partial charge in [0.05, 0.1) is 0 Å². The van der Waals surface area contributed by atoms with E-state index in [2.05, 4.69) is 20.4 Å². The fourth-order valence-corrected chi connectivity index (χ4v) is 0. The smallest absolute Gasteiger partial charge is 0.545 e. The molecule has 0 atom stereocenters. The van der Waals surface area contributed by atoms with E-state index in [4.69, 9.17) is 14.4 Å². The van der Waals surface area contributed by atoms with Gasteiger partial charge in [-0.05, 0) is 0 Å². The SMILES string of the molecule is [CH-]=O.[CH-]=O.[CH-]=O.[CH3-].[Mo+4]. The molecule has 0 fully saturated rings. The van der Waals surface area contributed by atoms with E-state index in [9.17, 15) is 0 Å². The third-order valence-corrected chi connectivity index (χ3v) is 0. The molecule has 0 bridgehead atoms. The number of carbonyl (C=O) groups excluding carboxylic acids is 3. The molecule has 0 saturated heterocycles. The van der Waals surface area contributed by atoms with E-state index >= 15 is 0 Å². The van der Waals surface area contributed by atoms with Crippen LogP contribution in [-0.2, 0) is 35.4 Å². The summed E-state index contributed by atoms with van der Waals surface area (Å²) >= 11 is 0. The van der Waals surface area contributed by atoms with E-state index in [1.165, 1.54) is 0 Å². The maximum absolute atomic E-state index is 7.75. The Bertz CT molecular complexity index is 16.0. The van der Waals surface area contributed by atoms with E-state index in [1.807, 2.05) is 0 Å². The van der Waals surface area contributed by atoms with Crippen molar-refractivity contribution >= 4 is 20.4 Å². The van der Waals surface area contributed by atoms with Crippen molar-refractivity contribution in [2.24, 2.45) is 0 Å². The zero-order valence-electron chi connectivity index (χ0n) is 4.37. The van der Waals surface area contributed by atoms with Crippen molar-refractivity contribution in [3.05, 3.63) is 7.43 Å². The summed E-state index contributed by atoms with van der Waals surface area (Å²) in [5, 5.41) is 0. The van der Waals surface area contributed by atoms with Gasteiger partial charge in [-0.3, -0.25) is 20.4 Å². The second-order valence-electron chi connectivity index (χ2n) is 0. The monoisotopic (exact) mass is 200 g/mol. The van der Waals surface area contributed by atoms with Crippen molar-refractivity contribution in [3.8, 4) is 0 Å². The molecule has 0 heterocycles. The van der Waals surface area contributed by atoms with Gasteiger partial charge in [-0.2, -0.15) is 0 Å². The second kappa shape index (κ2) is 2390. The molecule has 0 N–H and O–H groups in total. The van der Waals surface area contributed by atoms with Crippen LogP contribution in [0.5, 0.6) is 0 Å². The quantitative estimate of drug-likeness (QED) is 0.303. The van der Waals surface area contributed by atoms with Gasteiger partial charge in [0.15, 0.2) is 0 Å². The molecular formula is C4H6MoO3. The predicted octanol–water partition coefficient (Wildman–Crippen LogP) is -0.375. The van der Waals surface area contributed by atoms with Crippen LogP contribution in [0.1, 0.15) is 0 Å². The van der Waals surface area contributed by atoms with Crippen molar-refractivity contribution in [2.75, 3.05) is 0 Å². The molecule has 0 spiro atoms. The van der Waals surface area contributed by atoms with Crippen molar-refractivity contribution in [1.29, 1.82) is 0 Å². The summed E-state index contributed by atoms with van der Waals surface area (Å²) in [5.41, 5.74) is 0. The predicted molar refractivity (Wildman–Crippen MR) is 26.7 cm³/mol. The normalized spacial score (nSPS) is 1.50. The molecule has 0 radical (unpaired) electrons. The molecule has 0 aliphatic carbocycles. The van der Waals surface area contributed by atoms with Gasteiger partial charge >= 0.3 is 21.1 Å². The van der Waals surface area contributed by atoms with E-state index in [-0.39, 0.29) is 28.5 Å². The average Bonchev–Trinajstić information content (AvgIpc) is 1.81. The van der Waals surface area contributed by atoms with Crippen molar-refractivity contribution in [2.45, 2.75) is 0 Å². The minimum absolute atomic E-state index is 0. The first kappa shape index (κ1) is 47.4. The summed E-state index contributed by atoms with van der Waals surface area (Å²) in [5.74, 6) is 0. The first-order valence-electron chi connectivity index (χ1n) is 0.707. The van der Waals surface area contributed by atoms with Gasteiger partial charge in [0, 0.05) is 0 Å². The maximum atomic E-state index is 7.75. The zero-order chi connectivity index (χ0) is 6.00. The van der Waals surface area contributed by atoms with E-state index < -0.39 is 0 Å². The minimum atomic E-state index is 0. The van der Waals surface area contributed by atoms with E-state index in [0.717, 1.165) is 0 Å². The summed E-state index contributed by atoms with van der Waals surface area (Å²) in [6.07, 6.45) is 0. The Hall–Kier alpha value is -0.302. The summed E-state index contributed by atoms with van der Waals surface area (Å²) < 4.78 is 0. The molecule has 0 aliphatic rings. The number of hydrogen-bond acceptors (Lipinski definition) is 3.